The van der Waals surface area contributed by atoms with Gasteiger partial charge in [0.05, 0.1) is 17.4 Å². The molecule has 1 unspecified atom stereocenters. The van der Waals surface area contributed by atoms with Crippen LogP contribution in [0, 0.1) is 0 Å². The summed E-state index contributed by atoms with van der Waals surface area (Å²) in [7, 11) is 0. The summed E-state index contributed by atoms with van der Waals surface area (Å²) in [6.45, 7) is 5.52. The van der Waals surface area contributed by atoms with E-state index < -0.39 is 0 Å². The monoisotopic (exact) mass is 360 g/mol. The Morgan fingerprint density at radius 1 is 1.17 bits per heavy atom. The Bertz CT molecular complexity index is 564. The lowest BCUT2D eigenvalue weighted by atomic mass is 10.1. The fourth-order valence-electron chi connectivity index (χ4n) is 2.88. The highest BCUT2D eigenvalue weighted by molar-refractivity contribution is 6.11. The molecule has 0 radical (unpaired) electrons. The van der Waals surface area contributed by atoms with Crippen molar-refractivity contribution < 1.29 is 9.59 Å². The van der Waals surface area contributed by atoms with E-state index in [1.165, 1.54) is 0 Å². The first kappa shape index (κ1) is 19.7. The van der Waals surface area contributed by atoms with Gasteiger partial charge in [-0.1, -0.05) is 12.1 Å². The third-order valence-corrected chi connectivity index (χ3v) is 4.09. The number of carbonyl (C=O) groups excluding carboxylic acids is 2. The minimum absolute atomic E-state index is 0. The van der Waals surface area contributed by atoms with Crippen LogP contribution in [-0.4, -0.2) is 55.5 Å². The number of hydrogen-bond acceptors (Lipinski definition) is 4. The Morgan fingerprint density at radius 2 is 1.83 bits per heavy atom. The van der Waals surface area contributed by atoms with E-state index in [-0.39, 0.29) is 49.2 Å². The summed E-state index contributed by atoms with van der Waals surface area (Å²) in [6.07, 6.45) is 0. The Kier molecular flexibility index (Phi) is 7.28. The maximum atomic E-state index is 12.8. The zero-order chi connectivity index (χ0) is 14.8. The summed E-state index contributed by atoms with van der Waals surface area (Å²) < 4.78 is 0. The molecule has 128 valence electrons. The second kappa shape index (κ2) is 8.49. The molecule has 1 saturated heterocycles. The number of carbonyl (C=O) groups is 2. The van der Waals surface area contributed by atoms with Gasteiger partial charge in [0.25, 0.3) is 0 Å². The van der Waals surface area contributed by atoms with E-state index in [0.29, 0.717) is 5.69 Å². The number of rotatable bonds is 2. The number of nitrogens with one attached hydrogen (secondary N) is 2. The predicted octanol–water partition coefficient (Wildman–Crippen LogP) is 1.11. The van der Waals surface area contributed by atoms with Crippen molar-refractivity contribution in [1.82, 2.24) is 10.2 Å². The molecule has 0 aromatic heterocycles. The molecular weight excluding hydrogens is 339 g/mol. The second-order valence-electron chi connectivity index (χ2n) is 5.45. The van der Waals surface area contributed by atoms with Crippen molar-refractivity contribution in [2.24, 2.45) is 0 Å². The van der Waals surface area contributed by atoms with E-state index in [1.54, 1.807) is 4.90 Å². The maximum absolute atomic E-state index is 12.8. The molecule has 0 spiro atoms. The average Bonchev–Trinajstić information content (AvgIpc) is 2.53. The molecule has 6 nitrogen and oxygen atoms in total. The first-order chi connectivity index (χ1) is 10.2. The summed E-state index contributed by atoms with van der Waals surface area (Å²) >= 11 is 0. The van der Waals surface area contributed by atoms with Crippen LogP contribution >= 0.6 is 24.8 Å². The van der Waals surface area contributed by atoms with Crippen LogP contribution in [0.5, 0.6) is 0 Å². The molecule has 0 bridgehead atoms. The molecule has 1 aromatic rings. The van der Waals surface area contributed by atoms with E-state index in [2.05, 4.69) is 15.5 Å². The number of benzene rings is 1. The molecule has 23 heavy (non-hydrogen) atoms. The Hall–Kier alpha value is -1.34. The molecule has 1 fully saturated rings. The molecule has 8 heteroatoms. The number of hydrogen-bond donors (Lipinski definition) is 2. The standard InChI is InChI=1S/C15H20N4O2.2ClH/c1-11(18-8-6-16-7-9-18)15(21)19-10-14(20)17-12-4-2-3-5-13(12)19;;/h2-5,11,16H,6-10H2,1H3,(H,17,20);2*1H. The Labute approximate surface area is 148 Å². The fourth-order valence-corrected chi connectivity index (χ4v) is 2.88. The summed E-state index contributed by atoms with van der Waals surface area (Å²) in [5.41, 5.74) is 1.48. The Morgan fingerprint density at radius 3 is 2.52 bits per heavy atom. The molecule has 0 saturated carbocycles. The molecule has 0 aliphatic carbocycles. The van der Waals surface area contributed by atoms with E-state index >= 15 is 0 Å². The fraction of sp³-hybridized carbons (Fsp3) is 0.467. The first-order valence-corrected chi connectivity index (χ1v) is 7.32. The lowest BCUT2D eigenvalue weighted by Crippen LogP contribution is -2.55. The molecule has 3 rings (SSSR count). The minimum Gasteiger partial charge on any atom is -0.323 e. The van der Waals surface area contributed by atoms with Gasteiger partial charge in [-0.2, -0.15) is 0 Å². The van der Waals surface area contributed by atoms with Crippen molar-refractivity contribution in [2.45, 2.75) is 13.0 Å². The number of nitrogens with zero attached hydrogens (tertiary/aromatic N) is 2. The van der Waals surface area contributed by atoms with Crippen LogP contribution in [0.1, 0.15) is 6.92 Å². The number of fused-ring (bicyclic) bond motifs is 1. The number of para-hydroxylation sites is 2. The molecule has 1 atom stereocenters. The Balaban J connectivity index is 0.00000132. The lowest BCUT2D eigenvalue weighted by Gasteiger charge is -2.36. The molecule has 1 aromatic carbocycles. The molecule has 2 N–H and O–H groups in total. The van der Waals surface area contributed by atoms with Crippen LogP contribution in [0.2, 0.25) is 0 Å². The van der Waals surface area contributed by atoms with Gasteiger partial charge in [-0.15, -0.1) is 24.8 Å². The third-order valence-electron chi connectivity index (χ3n) is 4.09. The van der Waals surface area contributed by atoms with Crippen LogP contribution in [0.25, 0.3) is 0 Å². The second-order valence-corrected chi connectivity index (χ2v) is 5.45. The van der Waals surface area contributed by atoms with Crippen molar-refractivity contribution >= 4 is 48.0 Å². The highest BCUT2D eigenvalue weighted by Crippen LogP contribution is 2.29. The molecular formula is C15H22Cl2N4O2. The molecule has 2 heterocycles. The zero-order valence-corrected chi connectivity index (χ0v) is 14.6. The number of piperazine rings is 1. The highest BCUT2D eigenvalue weighted by Gasteiger charge is 2.32. The number of amides is 2. The van der Waals surface area contributed by atoms with E-state index in [4.69, 9.17) is 0 Å². The van der Waals surface area contributed by atoms with E-state index in [9.17, 15) is 9.59 Å². The van der Waals surface area contributed by atoms with Gasteiger partial charge in [-0.05, 0) is 19.1 Å². The number of anilines is 2. The first-order valence-electron chi connectivity index (χ1n) is 7.32. The molecule has 2 amide bonds. The van der Waals surface area contributed by atoms with Gasteiger partial charge in [0.15, 0.2) is 0 Å². The predicted molar refractivity (Wildman–Crippen MR) is 95.8 cm³/mol. The van der Waals surface area contributed by atoms with Gasteiger partial charge < -0.3 is 10.6 Å². The van der Waals surface area contributed by atoms with Crippen molar-refractivity contribution in [3.8, 4) is 0 Å². The molecule has 2 aliphatic rings. The summed E-state index contributed by atoms with van der Waals surface area (Å²) in [5.74, 6) is -0.159. The van der Waals surface area contributed by atoms with Crippen molar-refractivity contribution in [1.29, 1.82) is 0 Å². The van der Waals surface area contributed by atoms with Crippen LogP contribution in [0.4, 0.5) is 11.4 Å². The van der Waals surface area contributed by atoms with Gasteiger partial charge >= 0.3 is 0 Å². The SMILES string of the molecule is CC(C(=O)N1CC(=O)Nc2ccccc21)N1CCNCC1.Cl.Cl. The van der Waals surface area contributed by atoms with Crippen molar-refractivity contribution in [2.75, 3.05) is 42.9 Å². The summed E-state index contributed by atoms with van der Waals surface area (Å²) in [5, 5.41) is 6.09. The summed E-state index contributed by atoms with van der Waals surface area (Å²) in [4.78, 5) is 28.4. The van der Waals surface area contributed by atoms with Gasteiger partial charge in [-0.25, -0.2) is 0 Å². The van der Waals surface area contributed by atoms with E-state index in [0.717, 1.165) is 31.9 Å². The van der Waals surface area contributed by atoms with Crippen molar-refractivity contribution in [3.05, 3.63) is 24.3 Å². The van der Waals surface area contributed by atoms with Crippen LogP contribution < -0.4 is 15.5 Å². The van der Waals surface area contributed by atoms with Crippen LogP contribution in [0.15, 0.2) is 24.3 Å². The zero-order valence-electron chi connectivity index (χ0n) is 12.9. The van der Waals surface area contributed by atoms with Crippen LogP contribution in [-0.2, 0) is 9.59 Å². The van der Waals surface area contributed by atoms with Gasteiger partial charge in [0.1, 0.15) is 6.54 Å². The number of halogens is 2. The van der Waals surface area contributed by atoms with Gasteiger partial charge in [0, 0.05) is 26.2 Å². The average molecular weight is 361 g/mol. The smallest absolute Gasteiger partial charge is 0.244 e. The summed E-state index contributed by atoms with van der Waals surface area (Å²) in [6, 6.07) is 7.21. The quantitative estimate of drug-likeness (QED) is 0.829. The largest absolute Gasteiger partial charge is 0.323 e. The minimum atomic E-state index is -0.217. The van der Waals surface area contributed by atoms with Crippen LogP contribution in [0.3, 0.4) is 0 Å². The van der Waals surface area contributed by atoms with Gasteiger partial charge in [-0.3, -0.25) is 19.4 Å². The van der Waals surface area contributed by atoms with Crippen molar-refractivity contribution in [3.63, 3.8) is 0 Å². The maximum Gasteiger partial charge on any atom is 0.244 e. The highest BCUT2D eigenvalue weighted by atomic mass is 35.5. The lowest BCUT2D eigenvalue weighted by molar-refractivity contribution is -0.125. The van der Waals surface area contributed by atoms with E-state index in [1.807, 2.05) is 31.2 Å². The third kappa shape index (κ3) is 4.14. The van der Waals surface area contributed by atoms with Gasteiger partial charge in [0.2, 0.25) is 11.8 Å². The normalized spacial score (nSPS) is 18.8. The topological polar surface area (TPSA) is 64.7 Å². The molecule has 2 aliphatic heterocycles.